The summed E-state index contributed by atoms with van der Waals surface area (Å²) in [7, 11) is -0.589. The molecule has 20 heavy (non-hydrogen) atoms. The van der Waals surface area contributed by atoms with Crippen LogP contribution in [-0.4, -0.2) is 39.6 Å². The summed E-state index contributed by atoms with van der Waals surface area (Å²) < 4.78 is 11.9. The molecule has 2 N–H and O–H groups in total. The number of aromatic nitrogens is 1. The number of aromatic hydroxyl groups is 1. The zero-order valence-electron chi connectivity index (χ0n) is 12.7. The number of aliphatic hydroxyl groups excluding tert-OH is 1. The van der Waals surface area contributed by atoms with E-state index in [2.05, 4.69) is 4.98 Å². The molecule has 1 aliphatic heterocycles. The molecule has 0 spiro atoms. The molecule has 1 unspecified atom stereocenters. The Hall–Kier alpha value is -1.11. The molecular formula is C14H22BNO4. The van der Waals surface area contributed by atoms with Gasteiger partial charge in [-0.1, -0.05) is 0 Å². The normalized spacial score (nSPS) is 22.0. The van der Waals surface area contributed by atoms with Gasteiger partial charge in [0, 0.05) is 18.1 Å². The van der Waals surface area contributed by atoms with Gasteiger partial charge >= 0.3 is 7.12 Å². The summed E-state index contributed by atoms with van der Waals surface area (Å²) in [6, 6.07) is 0. The minimum absolute atomic E-state index is 0.0538. The molecule has 0 saturated carbocycles. The van der Waals surface area contributed by atoms with E-state index in [4.69, 9.17) is 9.31 Å². The van der Waals surface area contributed by atoms with E-state index in [0.29, 0.717) is 17.4 Å². The minimum Gasteiger partial charge on any atom is -0.506 e. The van der Waals surface area contributed by atoms with E-state index in [0.717, 1.165) is 0 Å². The van der Waals surface area contributed by atoms with Gasteiger partial charge in [-0.3, -0.25) is 4.98 Å². The standard InChI is InChI=1S/C14H22BNO4/c1-9(17)6-10-11(7-16-8-12(10)18)15-19-13(2,3)14(4,5)20-15/h7-9,17-18H,6H2,1-5H3. The molecule has 1 aromatic heterocycles. The highest BCUT2D eigenvalue weighted by Gasteiger charge is 2.52. The Balaban J connectivity index is 2.37. The van der Waals surface area contributed by atoms with Crippen LogP contribution < -0.4 is 5.46 Å². The summed E-state index contributed by atoms with van der Waals surface area (Å²) >= 11 is 0. The highest BCUT2D eigenvalue weighted by atomic mass is 16.7. The van der Waals surface area contributed by atoms with Gasteiger partial charge in [0.1, 0.15) is 5.75 Å². The van der Waals surface area contributed by atoms with Crippen LogP contribution in [0.2, 0.25) is 0 Å². The fourth-order valence-corrected chi connectivity index (χ4v) is 2.18. The van der Waals surface area contributed by atoms with Crippen molar-refractivity contribution in [3.63, 3.8) is 0 Å². The molecule has 0 aliphatic carbocycles. The van der Waals surface area contributed by atoms with Crippen LogP contribution in [0.3, 0.4) is 0 Å². The molecule has 110 valence electrons. The second-order valence-electron chi connectivity index (χ2n) is 6.37. The zero-order valence-corrected chi connectivity index (χ0v) is 12.7. The molecule has 5 nitrogen and oxygen atoms in total. The van der Waals surface area contributed by atoms with Gasteiger partial charge in [-0.05, 0) is 40.2 Å². The van der Waals surface area contributed by atoms with Gasteiger partial charge in [0.25, 0.3) is 0 Å². The number of pyridine rings is 1. The largest absolute Gasteiger partial charge is 0.506 e. The lowest BCUT2D eigenvalue weighted by molar-refractivity contribution is 0.00578. The third-order valence-corrected chi connectivity index (χ3v) is 4.07. The molecule has 6 heteroatoms. The second kappa shape index (κ2) is 5.02. The topological polar surface area (TPSA) is 71.8 Å². The van der Waals surface area contributed by atoms with Gasteiger partial charge in [0.05, 0.1) is 23.5 Å². The molecule has 1 aliphatic rings. The first kappa shape index (κ1) is 15.3. The first-order chi connectivity index (χ1) is 9.14. The summed E-state index contributed by atoms with van der Waals surface area (Å²) in [5, 5.41) is 19.6. The smallest absolute Gasteiger partial charge is 0.496 e. The number of nitrogens with zero attached hydrogens (tertiary/aromatic N) is 1. The second-order valence-corrected chi connectivity index (χ2v) is 6.37. The molecular weight excluding hydrogens is 257 g/mol. The minimum atomic E-state index is -0.589. The van der Waals surface area contributed by atoms with Crippen LogP contribution in [0.1, 0.15) is 40.2 Å². The predicted molar refractivity (Wildman–Crippen MR) is 77.0 cm³/mol. The van der Waals surface area contributed by atoms with E-state index in [-0.39, 0.29) is 5.75 Å². The molecule has 1 atom stereocenters. The van der Waals surface area contributed by atoms with Crippen molar-refractivity contribution in [2.45, 2.75) is 58.3 Å². The van der Waals surface area contributed by atoms with Crippen molar-refractivity contribution in [1.82, 2.24) is 4.98 Å². The van der Waals surface area contributed by atoms with E-state index in [1.165, 1.54) is 6.20 Å². The molecule has 0 amide bonds. The average molecular weight is 279 g/mol. The van der Waals surface area contributed by atoms with Crippen LogP contribution in [0.15, 0.2) is 12.4 Å². The van der Waals surface area contributed by atoms with E-state index in [1.54, 1.807) is 13.1 Å². The van der Waals surface area contributed by atoms with Gasteiger partial charge in [-0.25, -0.2) is 0 Å². The van der Waals surface area contributed by atoms with E-state index in [9.17, 15) is 10.2 Å². The third kappa shape index (κ3) is 2.68. The maximum atomic E-state index is 9.98. The van der Waals surface area contributed by atoms with Gasteiger partial charge in [0.2, 0.25) is 0 Å². The molecule has 0 radical (unpaired) electrons. The first-order valence-electron chi connectivity index (χ1n) is 6.83. The Labute approximate surface area is 120 Å². The maximum absolute atomic E-state index is 9.98. The Kier molecular flexibility index (Phi) is 3.84. The summed E-state index contributed by atoms with van der Waals surface area (Å²) in [6.45, 7) is 9.55. The van der Waals surface area contributed by atoms with Gasteiger partial charge < -0.3 is 19.5 Å². The lowest BCUT2D eigenvalue weighted by Gasteiger charge is -2.32. The van der Waals surface area contributed by atoms with Crippen molar-refractivity contribution < 1.29 is 19.5 Å². The van der Waals surface area contributed by atoms with E-state index in [1.807, 2.05) is 27.7 Å². The van der Waals surface area contributed by atoms with Crippen molar-refractivity contribution in [2.24, 2.45) is 0 Å². The summed E-state index contributed by atoms with van der Waals surface area (Å²) in [5.74, 6) is 0.0538. The monoisotopic (exact) mass is 279 g/mol. The van der Waals surface area contributed by atoms with Crippen LogP contribution in [-0.2, 0) is 15.7 Å². The van der Waals surface area contributed by atoms with Gasteiger partial charge in [-0.2, -0.15) is 0 Å². The fourth-order valence-electron chi connectivity index (χ4n) is 2.18. The van der Waals surface area contributed by atoms with Crippen LogP contribution in [0, 0.1) is 0 Å². The zero-order chi connectivity index (χ0) is 15.1. The molecule has 0 bridgehead atoms. The van der Waals surface area contributed by atoms with Crippen LogP contribution in [0.4, 0.5) is 0 Å². The van der Waals surface area contributed by atoms with E-state index < -0.39 is 24.4 Å². The Bertz CT molecular complexity index is 486. The van der Waals surface area contributed by atoms with Crippen molar-refractivity contribution >= 4 is 12.6 Å². The first-order valence-corrected chi connectivity index (χ1v) is 6.83. The van der Waals surface area contributed by atoms with Crippen molar-refractivity contribution in [1.29, 1.82) is 0 Å². The van der Waals surface area contributed by atoms with Crippen LogP contribution >= 0.6 is 0 Å². The molecule has 1 saturated heterocycles. The molecule has 2 rings (SSSR count). The quantitative estimate of drug-likeness (QED) is 0.808. The van der Waals surface area contributed by atoms with Crippen molar-refractivity contribution in [2.75, 3.05) is 0 Å². The predicted octanol–water partition coefficient (Wildman–Crippen LogP) is 1.01. The third-order valence-electron chi connectivity index (χ3n) is 4.07. The Morgan fingerprint density at radius 3 is 2.25 bits per heavy atom. The Morgan fingerprint density at radius 1 is 1.20 bits per heavy atom. The highest BCUT2D eigenvalue weighted by molar-refractivity contribution is 6.62. The lowest BCUT2D eigenvalue weighted by atomic mass is 9.76. The maximum Gasteiger partial charge on any atom is 0.496 e. The molecule has 1 fully saturated rings. The summed E-state index contributed by atoms with van der Waals surface area (Å²) in [5.41, 5.74) is 0.384. The van der Waals surface area contributed by atoms with E-state index >= 15 is 0 Å². The highest BCUT2D eigenvalue weighted by Crippen LogP contribution is 2.37. The van der Waals surface area contributed by atoms with Crippen molar-refractivity contribution in [3.05, 3.63) is 18.0 Å². The number of hydrogen-bond acceptors (Lipinski definition) is 5. The SMILES string of the molecule is CC(O)Cc1c(O)cncc1B1OC(C)(C)C(C)(C)O1. The number of rotatable bonds is 3. The van der Waals surface area contributed by atoms with Crippen LogP contribution in [0.5, 0.6) is 5.75 Å². The molecule has 2 heterocycles. The lowest BCUT2D eigenvalue weighted by Crippen LogP contribution is -2.41. The molecule has 0 aromatic carbocycles. The molecule has 1 aromatic rings. The van der Waals surface area contributed by atoms with Crippen LogP contribution in [0.25, 0.3) is 0 Å². The number of hydrogen-bond donors (Lipinski definition) is 2. The fraction of sp³-hybridized carbons (Fsp3) is 0.643. The average Bonchev–Trinajstić information content (AvgIpc) is 2.50. The Morgan fingerprint density at radius 2 is 1.75 bits per heavy atom. The number of aliphatic hydroxyl groups is 1. The summed E-state index contributed by atoms with van der Waals surface area (Å²) in [4.78, 5) is 4.00. The van der Waals surface area contributed by atoms with Gasteiger partial charge in [-0.15, -0.1) is 0 Å². The van der Waals surface area contributed by atoms with Gasteiger partial charge in [0.15, 0.2) is 0 Å². The summed E-state index contributed by atoms with van der Waals surface area (Å²) in [6.07, 6.45) is 2.75. The van der Waals surface area contributed by atoms with Crippen molar-refractivity contribution in [3.8, 4) is 5.75 Å².